The van der Waals surface area contributed by atoms with Gasteiger partial charge in [-0.1, -0.05) is 54.9 Å². The third-order valence-corrected chi connectivity index (χ3v) is 6.19. The Balaban J connectivity index is 1.56. The Morgan fingerprint density at radius 2 is 1.86 bits per heavy atom. The number of allylic oxidation sites excluding steroid dienone is 1. The molecular formula is C28H25ClN4O3. The van der Waals surface area contributed by atoms with Crippen molar-refractivity contribution in [2.75, 3.05) is 11.1 Å². The number of nitriles is 1. The third kappa shape index (κ3) is 6.11. The number of halogens is 1. The molecule has 2 aromatic carbocycles. The highest BCUT2D eigenvalue weighted by Gasteiger charge is 2.30. The van der Waals surface area contributed by atoms with E-state index in [2.05, 4.69) is 16.4 Å². The number of nitrogen functional groups attached to an aromatic ring is 1. The molecule has 3 aromatic rings. The van der Waals surface area contributed by atoms with Crippen LogP contribution in [0.5, 0.6) is 0 Å². The lowest BCUT2D eigenvalue weighted by molar-refractivity contribution is -0.114. The summed E-state index contributed by atoms with van der Waals surface area (Å²) in [6, 6.07) is 20.2. The summed E-state index contributed by atoms with van der Waals surface area (Å²) in [4.78, 5) is 17.4. The van der Waals surface area contributed by atoms with Gasteiger partial charge in [-0.05, 0) is 42.0 Å². The highest BCUT2D eigenvalue weighted by atomic mass is 35.5. The van der Waals surface area contributed by atoms with Gasteiger partial charge in [-0.25, -0.2) is 4.98 Å². The van der Waals surface area contributed by atoms with Gasteiger partial charge in [-0.3, -0.25) is 4.79 Å². The Morgan fingerprint density at radius 1 is 1.11 bits per heavy atom. The zero-order valence-electron chi connectivity index (χ0n) is 19.6. The molecule has 182 valence electrons. The van der Waals surface area contributed by atoms with Crippen molar-refractivity contribution in [1.82, 2.24) is 4.98 Å². The summed E-state index contributed by atoms with van der Waals surface area (Å²) in [7, 11) is 0. The largest absolute Gasteiger partial charge is 0.489 e. The third-order valence-electron chi connectivity index (χ3n) is 5.82. The normalized spacial score (nSPS) is 16.9. The summed E-state index contributed by atoms with van der Waals surface area (Å²) >= 11 is 6.27. The van der Waals surface area contributed by atoms with Gasteiger partial charge in [0.2, 0.25) is 0 Å². The number of amides is 1. The van der Waals surface area contributed by atoms with E-state index in [4.69, 9.17) is 26.8 Å². The van der Waals surface area contributed by atoms with Crippen molar-refractivity contribution in [1.29, 1.82) is 5.26 Å². The number of carbonyl (C=O) groups is 1. The quantitative estimate of drug-likeness (QED) is 0.429. The van der Waals surface area contributed by atoms with Crippen LogP contribution in [-0.2, 0) is 27.5 Å². The maximum atomic E-state index is 13.2. The van der Waals surface area contributed by atoms with Gasteiger partial charge in [0.05, 0.1) is 36.2 Å². The molecule has 1 aliphatic rings. The summed E-state index contributed by atoms with van der Waals surface area (Å²) < 4.78 is 12.2. The van der Waals surface area contributed by atoms with Gasteiger partial charge >= 0.3 is 0 Å². The van der Waals surface area contributed by atoms with Crippen LogP contribution in [0.2, 0.25) is 5.02 Å². The average Bonchev–Trinajstić information content (AvgIpc) is 2.89. The van der Waals surface area contributed by atoms with E-state index in [1.807, 2.05) is 49.4 Å². The molecule has 1 heterocycles. The lowest BCUT2D eigenvalue weighted by Crippen LogP contribution is -2.31. The number of nitrogens with one attached hydrogen (secondary N) is 1. The molecular weight excluding hydrogens is 476 g/mol. The molecule has 0 saturated heterocycles. The number of hydrogen-bond donors (Lipinski definition) is 2. The van der Waals surface area contributed by atoms with E-state index in [9.17, 15) is 10.1 Å². The van der Waals surface area contributed by atoms with Crippen LogP contribution in [0.4, 0.5) is 11.5 Å². The highest BCUT2D eigenvalue weighted by molar-refractivity contribution is 6.31. The second kappa shape index (κ2) is 11.5. The maximum absolute atomic E-state index is 13.2. The molecule has 3 N–H and O–H groups in total. The lowest BCUT2D eigenvalue weighted by Gasteiger charge is -2.28. The molecule has 0 radical (unpaired) electrons. The van der Waals surface area contributed by atoms with Gasteiger partial charge < -0.3 is 20.5 Å². The zero-order chi connectivity index (χ0) is 25.5. The number of aromatic nitrogens is 1. The van der Waals surface area contributed by atoms with Gasteiger partial charge in [0.1, 0.15) is 18.2 Å². The van der Waals surface area contributed by atoms with Gasteiger partial charge in [0.15, 0.2) is 0 Å². The molecule has 7 nitrogen and oxygen atoms in total. The summed E-state index contributed by atoms with van der Waals surface area (Å²) in [5, 5.41) is 12.8. The van der Waals surface area contributed by atoms with Crippen molar-refractivity contribution in [3.8, 4) is 6.07 Å². The highest BCUT2D eigenvalue weighted by Crippen LogP contribution is 2.30. The van der Waals surface area contributed by atoms with E-state index in [1.165, 1.54) is 6.20 Å². The zero-order valence-corrected chi connectivity index (χ0v) is 20.4. The molecule has 0 saturated carbocycles. The van der Waals surface area contributed by atoms with Gasteiger partial charge in [-0.2, -0.15) is 5.26 Å². The Morgan fingerprint density at radius 3 is 2.58 bits per heavy atom. The Bertz CT molecular complexity index is 1350. The lowest BCUT2D eigenvalue weighted by atomic mass is 9.89. The van der Waals surface area contributed by atoms with Crippen LogP contribution in [0.1, 0.15) is 23.6 Å². The standard InChI is InChI=1S/C28H25ClN4O3/c1-18-24(28(34)33-27-11-10-22(31)15-32-27)12-23(35-17-21-8-4-5-9-25(21)29)13-26(18)36-16-20-7-3-2-6-19(20)14-30/h2-13,15,18,26H,16-17,31H2,1H3,(H,32,33,34). The molecule has 0 bridgehead atoms. The fourth-order valence-corrected chi connectivity index (χ4v) is 3.95. The number of nitrogens with zero attached hydrogens (tertiary/aromatic N) is 2. The predicted molar refractivity (Wildman–Crippen MR) is 139 cm³/mol. The van der Waals surface area contributed by atoms with Crippen LogP contribution in [0.3, 0.4) is 0 Å². The van der Waals surface area contributed by atoms with Crippen LogP contribution >= 0.6 is 11.6 Å². The molecule has 1 amide bonds. The number of anilines is 2. The van der Waals surface area contributed by atoms with Crippen LogP contribution in [0.15, 0.2) is 90.3 Å². The second-order valence-electron chi connectivity index (χ2n) is 8.31. The van der Waals surface area contributed by atoms with Gasteiger partial charge in [0, 0.05) is 22.1 Å². The predicted octanol–water partition coefficient (Wildman–Crippen LogP) is 5.39. The SMILES string of the molecule is CC1C(C(=O)Nc2ccc(N)cn2)=CC(OCc2ccccc2Cl)=CC1OCc1ccccc1C#N. The van der Waals surface area contributed by atoms with Crippen LogP contribution < -0.4 is 11.1 Å². The first-order chi connectivity index (χ1) is 17.4. The Hall–Kier alpha value is -4.12. The molecule has 1 aliphatic carbocycles. The molecule has 0 fully saturated rings. The van der Waals surface area contributed by atoms with Gasteiger partial charge in [-0.15, -0.1) is 0 Å². The van der Waals surface area contributed by atoms with Gasteiger partial charge in [0.25, 0.3) is 5.91 Å². The molecule has 2 atom stereocenters. The molecule has 1 aromatic heterocycles. The van der Waals surface area contributed by atoms with E-state index in [-0.39, 0.29) is 25.0 Å². The minimum absolute atomic E-state index is 0.210. The number of carbonyl (C=O) groups excluding carboxylic acids is 1. The number of nitrogens with two attached hydrogens (primary N) is 1. The molecule has 0 spiro atoms. The second-order valence-corrected chi connectivity index (χ2v) is 8.72. The summed E-state index contributed by atoms with van der Waals surface area (Å²) in [5.41, 5.74) is 8.81. The van der Waals surface area contributed by atoms with Crippen LogP contribution in [0, 0.1) is 17.2 Å². The van der Waals surface area contributed by atoms with Crippen molar-refractivity contribution >= 4 is 29.0 Å². The smallest absolute Gasteiger partial charge is 0.253 e. The van der Waals surface area contributed by atoms with Crippen LogP contribution in [-0.4, -0.2) is 17.0 Å². The minimum atomic E-state index is -0.469. The first-order valence-corrected chi connectivity index (χ1v) is 11.7. The monoisotopic (exact) mass is 500 g/mol. The first-order valence-electron chi connectivity index (χ1n) is 11.4. The fraction of sp³-hybridized carbons (Fsp3) is 0.179. The molecule has 0 aliphatic heterocycles. The first kappa shape index (κ1) is 25.0. The summed E-state index contributed by atoms with van der Waals surface area (Å²) in [6.45, 7) is 2.35. The maximum Gasteiger partial charge on any atom is 0.253 e. The fourth-order valence-electron chi connectivity index (χ4n) is 3.76. The molecule has 4 rings (SSSR count). The van der Waals surface area contributed by atoms with Crippen molar-refractivity contribution in [3.05, 3.63) is 112 Å². The van der Waals surface area contributed by atoms with Crippen LogP contribution in [0.25, 0.3) is 0 Å². The topological polar surface area (TPSA) is 110 Å². The Kier molecular flexibility index (Phi) is 8.01. The van der Waals surface area contributed by atoms with E-state index >= 15 is 0 Å². The number of ether oxygens (including phenoxy) is 2. The molecule has 8 heteroatoms. The van der Waals surface area contributed by atoms with Crippen molar-refractivity contribution in [2.45, 2.75) is 26.2 Å². The minimum Gasteiger partial charge on any atom is -0.489 e. The van der Waals surface area contributed by atoms with E-state index < -0.39 is 6.10 Å². The van der Waals surface area contributed by atoms with Crippen molar-refractivity contribution in [2.24, 2.45) is 5.92 Å². The van der Waals surface area contributed by atoms with E-state index in [0.29, 0.717) is 33.4 Å². The van der Waals surface area contributed by atoms with Crippen molar-refractivity contribution in [3.63, 3.8) is 0 Å². The summed E-state index contributed by atoms with van der Waals surface area (Å²) in [5.74, 6) is 0.260. The molecule has 36 heavy (non-hydrogen) atoms. The van der Waals surface area contributed by atoms with E-state index in [0.717, 1.165) is 11.1 Å². The number of benzene rings is 2. The van der Waals surface area contributed by atoms with Crippen molar-refractivity contribution < 1.29 is 14.3 Å². The average molecular weight is 501 g/mol. The number of hydrogen-bond acceptors (Lipinski definition) is 6. The number of pyridine rings is 1. The summed E-state index contributed by atoms with van der Waals surface area (Å²) in [6.07, 6.45) is 4.56. The number of rotatable bonds is 8. The molecule has 2 unspecified atom stereocenters. The van der Waals surface area contributed by atoms with E-state index in [1.54, 1.807) is 30.3 Å². The Labute approximate surface area is 214 Å².